The highest BCUT2D eigenvalue weighted by atomic mass is 16.2. The molecule has 9 nitrogen and oxygen atoms in total. The van der Waals surface area contributed by atoms with Crippen molar-refractivity contribution < 1.29 is 14.4 Å². The number of benzene rings is 1. The van der Waals surface area contributed by atoms with Gasteiger partial charge in [0.25, 0.3) is 0 Å². The number of hydrogen-bond acceptors (Lipinski definition) is 5. The SMILES string of the molecule is CN[C@H](Cc1ccccc1)C(=O)N1CCC[C@H]1C(=O)N[C@](C)(C=O)CCCN=C(N)N. The van der Waals surface area contributed by atoms with Crippen LogP contribution in [0.25, 0.3) is 0 Å². The fraction of sp³-hybridized carbons (Fsp3) is 0.545. The molecule has 1 aliphatic heterocycles. The molecule has 1 aromatic carbocycles. The number of carbonyl (C=O) groups is 3. The smallest absolute Gasteiger partial charge is 0.243 e. The van der Waals surface area contributed by atoms with Gasteiger partial charge in [0.05, 0.1) is 11.6 Å². The van der Waals surface area contributed by atoms with E-state index in [-0.39, 0.29) is 17.8 Å². The number of aldehydes is 1. The molecule has 6 N–H and O–H groups in total. The van der Waals surface area contributed by atoms with Crippen molar-refractivity contribution in [3.63, 3.8) is 0 Å². The van der Waals surface area contributed by atoms with Crippen molar-refractivity contribution in [2.75, 3.05) is 20.1 Å². The molecule has 1 aromatic rings. The summed E-state index contributed by atoms with van der Waals surface area (Å²) in [4.78, 5) is 43.4. The first kappa shape index (κ1) is 24.3. The number of amides is 2. The van der Waals surface area contributed by atoms with E-state index in [1.54, 1.807) is 18.9 Å². The fourth-order valence-electron chi connectivity index (χ4n) is 3.84. The minimum absolute atomic E-state index is 0.00783. The van der Waals surface area contributed by atoms with Crippen LogP contribution in [0.3, 0.4) is 0 Å². The number of carbonyl (C=O) groups excluding carboxylic acids is 3. The van der Waals surface area contributed by atoms with Crippen molar-refractivity contribution in [3.8, 4) is 0 Å². The van der Waals surface area contributed by atoms with Crippen molar-refractivity contribution in [1.29, 1.82) is 0 Å². The molecule has 0 aliphatic carbocycles. The highest BCUT2D eigenvalue weighted by Crippen LogP contribution is 2.21. The molecular formula is C22H34N6O3. The Balaban J connectivity index is 2.01. The summed E-state index contributed by atoms with van der Waals surface area (Å²) in [6.45, 7) is 2.56. The number of likely N-dealkylation sites (N-methyl/N-ethyl adjacent to an activating group) is 1. The Hall–Kier alpha value is -2.94. The lowest BCUT2D eigenvalue weighted by Crippen LogP contribution is -2.57. The molecule has 1 fully saturated rings. The molecule has 0 spiro atoms. The van der Waals surface area contributed by atoms with E-state index in [4.69, 9.17) is 11.5 Å². The minimum atomic E-state index is -1.04. The summed E-state index contributed by atoms with van der Waals surface area (Å²) in [5.74, 6) is -0.423. The van der Waals surface area contributed by atoms with Crippen molar-refractivity contribution in [2.45, 2.75) is 56.7 Å². The van der Waals surface area contributed by atoms with Crippen LogP contribution in [0.1, 0.15) is 38.2 Å². The van der Waals surface area contributed by atoms with Crippen molar-refractivity contribution in [1.82, 2.24) is 15.5 Å². The van der Waals surface area contributed by atoms with Gasteiger partial charge in [-0.05, 0) is 51.6 Å². The highest BCUT2D eigenvalue weighted by Gasteiger charge is 2.39. The van der Waals surface area contributed by atoms with E-state index in [2.05, 4.69) is 15.6 Å². The minimum Gasteiger partial charge on any atom is -0.370 e. The second-order valence-corrected chi connectivity index (χ2v) is 8.16. The largest absolute Gasteiger partial charge is 0.370 e. The number of rotatable bonds is 11. The Kier molecular flexibility index (Phi) is 8.99. The summed E-state index contributed by atoms with van der Waals surface area (Å²) in [7, 11) is 1.75. The molecule has 1 aliphatic rings. The lowest BCUT2D eigenvalue weighted by atomic mass is 9.96. The molecule has 0 radical (unpaired) electrons. The third-order valence-electron chi connectivity index (χ3n) is 5.59. The van der Waals surface area contributed by atoms with E-state index in [1.165, 1.54) is 0 Å². The Labute approximate surface area is 183 Å². The molecular weight excluding hydrogens is 396 g/mol. The average Bonchev–Trinajstić information content (AvgIpc) is 3.25. The van der Waals surface area contributed by atoms with Gasteiger partial charge in [-0.15, -0.1) is 0 Å². The molecule has 9 heteroatoms. The summed E-state index contributed by atoms with van der Waals surface area (Å²) in [5, 5.41) is 5.91. The van der Waals surface area contributed by atoms with Gasteiger partial charge in [0, 0.05) is 13.1 Å². The van der Waals surface area contributed by atoms with Crippen LogP contribution in [0.5, 0.6) is 0 Å². The number of nitrogens with zero attached hydrogens (tertiary/aromatic N) is 2. The summed E-state index contributed by atoms with van der Waals surface area (Å²) >= 11 is 0. The third kappa shape index (κ3) is 7.06. The number of aliphatic imine (C=N–C) groups is 1. The van der Waals surface area contributed by atoms with Crippen LogP contribution in [0, 0.1) is 0 Å². The van der Waals surface area contributed by atoms with Crippen molar-refractivity contribution in [2.24, 2.45) is 16.5 Å². The van der Waals surface area contributed by atoms with Crippen LogP contribution in [0.15, 0.2) is 35.3 Å². The molecule has 170 valence electrons. The van der Waals surface area contributed by atoms with Gasteiger partial charge >= 0.3 is 0 Å². The van der Waals surface area contributed by atoms with E-state index in [1.807, 2.05) is 30.3 Å². The Bertz CT molecular complexity index is 781. The van der Waals surface area contributed by atoms with Gasteiger partial charge in [-0.2, -0.15) is 0 Å². The molecule has 1 heterocycles. The van der Waals surface area contributed by atoms with Gasteiger partial charge in [0.1, 0.15) is 12.3 Å². The molecule has 2 amide bonds. The number of hydrogen-bond donors (Lipinski definition) is 4. The molecule has 0 saturated carbocycles. The van der Waals surface area contributed by atoms with Gasteiger partial charge in [-0.3, -0.25) is 14.6 Å². The first-order chi connectivity index (χ1) is 14.8. The van der Waals surface area contributed by atoms with Crippen molar-refractivity contribution in [3.05, 3.63) is 35.9 Å². The zero-order chi connectivity index (χ0) is 22.9. The summed E-state index contributed by atoms with van der Waals surface area (Å²) < 4.78 is 0. The maximum Gasteiger partial charge on any atom is 0.243 e. The van der Waals surface area contributed by atoms with Gasteiger partial charge in [-0.1, -0.05) is 30.3 Å². The number of likely N-dealkylation sites (tertiary alicyclic amines) is 1. The summed E-state index contributed by atoms with van der Waals surface area (Å²) in [6.07, 6.45) is 3.52. The second kappa shape index (κ2) is 11.5. The normalized spacial score (nSPS) is 18.6. The first-order valence-electron chi connectivity index (χ1n) is 10.6. The quantitative estimate of drug-likeness (QED) is 0.168. The monoisotopic (exact) mass is 430 g/mol. The van der Waals surface area contributed by atoms with E-state index >= 15 is 0 Å². The van der Waals surface area contributed by atoms with E-state index in [0.29, 0.717) is 38.8 Å². The first-order valence-corrected chi connectivity index (χ1v) is 10.6. The number of guanidine groups is 1. The number of nitrogens with one attached hydrogen (secondary N) is 2. The lowest BCUT2D eigenvalue weighted by molar-refractivity contribution is -0.141. The van der Waals surface area contributed by atoms with Gasteiger partial charge in [0.15, 0.2) is 5.96 Å². The van der Waals surface area contributed by atoms with E-state index < -0.39 is 17.6 Å². The molecule has 1 saturated heterocycles. The zero-order valence-corrected chi connectivity index (χ0v) is 18.3. The molecule has 0 unspecified atom stereocenters. The third-order valence-corrected chi connectivity index (χ3v) is 5.59. The van der Waals surface area contributed by atoms with Crippen LogP contribution in [-0.4, -0.2) is 66.7 Å². The predicted molar refractivity (Wildman–Crippen MR) is 120 cm³/mol. The van der Waals surface area contributed by atoms with Crippen LogP contribution >= 0.6 is 0 Å². The van der Waals surface area contributed by atoms with Gasteiger partial charge in [-0.25, -0.2) is 0 Å². The van der Waals surface area contributed by atoms with Crippen LogP contribution < -0.4 is 22.1 Å². The molecule has 0 aromatic heterocycles. The highest BCUT2D eigenvalue weighted by molar-refractivity contribution is 5.92. The van der Waals surface area contributed by atoms with Gasteiger partial charge < -0.3 is 31.8 Å². The zero-order valence-electron chi connectivity index (χ0n) is 18.3. The van der Waals surface area contributed by atoms with Crippen LogP contribution in [0.2, 0.25) is 0 Å². The Morgan fingerprint density at radius 3 is 2.65 bits per heavy atom. The molecule has 3 atom stereocenters. The Morgan fingerprint density at radius 1 is 1.32 bits per heavy atom. The number of nitrogens with two attached hydrogens (primary N) is 2. The Morgan fingerprint density at radius 2 is 2.03 bits per heavy atom. The maximum absolute atomic E-state index is 13.2. The molecule has 2 rings (SSSR count). The average molecular weight is 431 g/mol. The van der Waals surface area contributed by atoms with Crippen LogP contribution in [0.4, 0.5) is 0 Å². The molecule has 31 heavy (non-hydrogen) atoms. The van der Waals surface area contributed by atoms with E-state index in [9.17, 15) is 14.4 Å². The maximum atomic E-state index is 13.2. The summed E-state index contributed by atoms with van der Waals surface area (Å²) in [5.41, 5.74) is 10.6. The van der Waals surface area contributed by atoms with Crippen molar-refractivity contribution >= 4 is 24.1 Å². The second-order valence-electron chi connectivity index (χ2n) is 8.16. The topological polar surface area (TPSA) is 143 Å². The van der Waals surface area contributed by atoms with Gasteiger partial charge in [0.2, 0.25) is 11.8 Å². The predicted octanol–water partition coefficient (Wildman–Crippen LogP) is -0.0645. The lowest BCUT2D eigenvalue weighted by Gasteiger charge is -2.31. The standard InChI is InChI=1S/C22H34N6O3/c1-22(15-29,11-7-12-26-21(23)24)27-19(30)18-10-6-13-28(18)20(31)17(25-2)14-16-8-4-3-5-9-16/h3-5,8-9,15,17-18,25H,6-7,10-14H2,1-2H3,(H,27,30)(H4,23,24,26)/t17-,18+,22+/m1/s1. The van der Waals surface area contributed by atoms with Crippen LogP contribution in [-0.2, 0) is 20.8 Å². The molecule has 0 bridgehead atoms. The van der Waals surface area contributed by atoms with E-state index in [0.717, 1.165) is 18.3 Å². The summed E-state index contributed by atoms with van der Waals surface area (Å²) in [6, 6.07) is 8.75. The fourth-order valence-corrected chi connectivity index (χ4v) is 3.84.